The van der Waals surface area contributed by atoms with Crippen LogP contribution >= 0.6 is 0 Å². The molecule has 0 bridgehead atoms. The average Bonchev–Trinajstić information content (AvgIpc) is 2.62. The fourth-order valence-corrected chi connectivity index (χ4v) is 1.26. The van der Waals surface area contributed by atoms with Crippen LogP contribution < -0.4 is 0 Å². The summed E-state index contributed by atoms with van der Waals surface area (Å²) in [6, 6.07) is 5.40. The molecule has 0 saturated carbocycles. The van der Waals surface area contributed by atoms with Crippen LogP contribution in [0.1, 0.15) is 5.56 Å². The summed E-state index contributed by atoms with van der Waals surface area (Å²) in [5, 5.41) is 14.2. The highest BCUT2D eigenvalue weighted by Gasteiger charge is 1.98. The molecule has 0 aliphatic carbocycles. The molecule has 14 heavy (non-hydrogen) atoms. The van der Waals surface area contributed by atoms with Crippen molar-refractivity contribution in [2.24, 2.45) is 0 Å². The summed E-state index contributed by atoms with van der Waals surface area (Å²) >= 11 is 0. The van der Waals surface area contributed by atoms with Gasteiger partial charge in [-0.3, -0.25) is 10.1 Å². The molecule has 70 valence electrons. The number of nitro groups is 1. The van der Waals surface area contributed by atoms with Crippen molar-refractivity contribution in [2.75, 3.05) is 0 Å². The van der Waals surface area contributed by atoms with E-state index in [1.807, 2.05) is 0 Å². The molecule has 0 aliphatic heterocycles. The summed E-state index contributed by atoms with van der Waals surface area (Å²) in [4.78, 5) is 9.66. The van der Waals surface area contributed by atoms with Crippen molar-refractivity contribution in [3.05, 3.63) is 52.5 Å². The highest BCUT2D eigenvalue weighted by Crippen LogP contribution is 2.11. The smallest absolute Gasteiger partial charge is 0.235 e. The van der Waals surface area contributed by atoms with Gasteiger partial charge in [0.1, 0.15) is 0 Å². The first-order valence-electron chi connectivity index (χ1n) is 4.01. The molecule has 0 atom stereocenters. The predicted octanol–water partition coefficient (Wildman–Crippen LogP) is 1.58. The Balaban J connectivity index is 2.51. The van der Waals surface area contributed by atoms with Crippen molar-refractivity contribution >= 4 is 11.6 Å². The van der Waals surface area contributed by atoms with E-state index in [-0.39, 0.29) is 0 Å². The zero-order chi connectivity index (χ0) is 9.97. The third-order valence-corrected chi connectivity index (χ3v) is 1.84. The molecule has 5 nitrogen and oxygen atoms in total. The Labute approximate surface area is 79.4 Å². The van der Waals surface area contributed by atoms with Gasteiger partial charge in [-0.2, -0.15) is 5.10 Å². The molecular formula is C9H7N3O2. The summed E-state index contributed by atoms with van der Waals surface area (Å²) in [6.45, 7) is 0. The minimum absolute atomic E-state index is 0.486. The minimum atomic E-state index is -0.486. The van der Waals surface area contributed by atoms with E-state index >= 15 is 0 Å². The van der Waals surface area contributed by atoms with Crippen LogP contribution in [0.15, 0.2) is 36.8 Å². The molecule has 0 fully saturated rings. The molecule has 0 unspecified atom stereocenters. The molecule has 0 saturated heterocycles. The van der Waals surface area contributed by atoms with Gasteiger partial charge >= 0.3 is 0 Å². The third-order valence-electron chi connectivity index (χ3n) is 1.84. The van der Waals surface area contributed by atoms with E-state index in [4.69, 9.17) is 0 Å². The van der Waals surface area contributed by atoms with Crippen LogP contribution in [0.25, 0.3) is 11.6 Å². The SMILES string of the molecule is O=[N+]([O-])C=Cc1cccn2nccc12. The van der Waals surface area contributed by atoms with E-state index in [9.17, 15) is 10.1 Å². The highest BCUT2D eigenvalue weighted by atomic mass is 16.6. The monoisotopic (exact) mass is 189 g/mol. The molecule has 0 radical (unpaired) electrons. The van der Waals surface area contributed by atoms with E-state index in [0.717, 1.165) is 17.3 Å². The lowest BCUT2D eigenvalue weighted by Crippen LogP contribution is -1.88. The van der Waals surface area contributed by atoms with Gasteiger partial charge in [0.2, 0.25) is 6.20 Å². The van der Waals surface area contributed by atoms with Gasteiger partial charge < -0.3 is 0 Å². The van der Waals surface area contributed by atoms with E-state index in [1.165, 1.54) is 6.08 Å². The van der Waals surface area contributed by atoms with Gasteiger partial charge in [0.25, 0.3) is 0 Å². The van der Waals surface area contributed by atoms with Crippen LogP contribution in [0, 0.1) is 10.1 Å². The Hall–Kier alpha value is -2.17. The van der Waals surface area contributed by atoms with Gasteiger partial charge in [0.15, 0.2) is 0 Å². The van der Waals surface area contributed by atoms with Gasteiger partial charge in [-0.05, 0) is 12.1 Å². The minimum Gasteiger partial charge on any atom is -0.259 e. The summed E-state index contributed by atoms with van der Waals surface area (Å²) in [6.07, 6.45) is 5.82. The highest BCUT2D eigenvalue weighted by molar-refractivity contribution is 5.67. The molecule has 0 spiro atoms. The average molecular weight is 189 g/mol. The molecular weight excluding hydrogens is 182 g/mol. The zero-order valence-electron chi connectivity index (χ0n) is 7.20. The van der Waals surface area contributed by atoms with Crippen molar-refractivity contribution in [3.8, 4) is 0 Å². The normalized spacial score (nSPS) is 11.1. The van der Waals surface area contributed by atoms with Crippen molar-refractivity contribution in [2.45, 2.75) is 0 Å². The Kier molecular flexibility index (Phi) is 1.98. The maximum absolute atomic E-state index is 10.1. The maximum Gasteiger partial charge on any atom is 0.235 e. The quantitative estimate of drug-likeness (QED) is 0.532. The fraction of sp³-hybridized carbons (Fsp3) is 0. The molecule has 2 heterocycles. The topological polar surface area (TPSA) is 60.4 Å². The summed E-state index contributed by atoms with van der Waals surface area (Å²) in [5.41, 5.74) is 1.63. The Bertz CT molecular complexity index is 501. The lowest BCUT2D eigenvalue weighted by molar-refractivity contribution is -0.400. The Morgan fingerprint density at radius 3 is 3.14 bits per heavy atom. The van der Waals surface area contributed by atoms with E-state index in [2.05, 4.69) is 5.10 Å². The number of hydrogen-bond acceptors (Lipinski definition) is 3. The number of hydrogen-bond donors (Lipinski definition) is 0. The fourth-order valence-electron chi connectivity index (χ4n) is 1.26. The van der Waals surface area contributed by atoms with Crippen LogP contribution in [-0.2, 0) is 0 Å². The van der Waals surface area contributed by atoms with Crippen molar-refractivity contribution in [1.29, 1.82) is 0 Å². The van der Waals surface area contributed by atoms with E-state index in [0.29, 0.717) is 0 Å². The number of nitrogens with zero attached hydrogens (tertiary/aromatic N) is 3. The van der Waals surface area contributed by atoms with Crippen molar-refractivity contribution in [1.82, 2.24) is 9.61 Å². The van der Waals surface area contributed by atoms with Gasteiger partial charge in [-0.25, -0.2) is 4.52 Å². The molecule has 0 amide bonds. The lowest BCUT2D eigenvalue weighted by Gasteiger charge is -1.95. The molecule has 0 N–H and O–H groups in total. The summed E-state index contributed by atoms with van der Waals surface area (Å²) < 4.78 is 1.67. The first-order chi connectivity index (χ1) is 6.77. The summed E-state index contributed by atoms with van der Waals surface area (Å²) in [7, 11) is 0. The van der Waals surface area contributed by atoms with E-state index in [1.54, 1.807) is 35.1 Å². The zero-order valence-corrected chi connectivity index (χ0v) is 7.20. The van der Waals surface area contributed by atoms with Gasteiger partial charge in [-0.1, -0.05) is 6.07 Å². The number of fused-ring (bicyclic) bond motifs is 1. The second-order valence-corrected chi connectivity index (χ2v) is 2.73. The predicted molar refractivity (Wildman–Crippen MR) is 51.2 cm³/mol. The largest absolute Gasteiger partial charge is 0.259 e. The second kappa shape index (κ2) is 3.29. The molecule has 5 heteroatoms. The number of aromatic nitrogens is 2. The standard InChI is InChI=1S/C9H7N3O2/c13-12(14)7-4-8-2-1-6-11-9(8)3-5-10-11/h1-7H. The number of pyridine rings is 1. The Morgan fingerprint density at radius 2 is 2.36 bits per heavy atom. The molecule has 2 rings (SSSR count). The van der Waals surface area contributed by atoms with E-state index < -0.39 is 4.92 Å². The van der Waals surface area contributed by atoms with Crippen molar-refractivity contribution in [3.63, 3.8) is 0 Å². The van der Waals surface area contributed by atoms with Gasteiger partial charge in [0.05, 0.1) is 10.4 Å². The van der Waals surface area contributed by atoms with Crippen LogP contribution in [0.5, 0.6) is 0 Å². The Morgan fingerprint density at radius 1 is 1.50 bits per heavy atom. The van der Waals surface area contributed by atoms with Crippen molar-refractivity contribution < 1.29 is 4.92 Å². The summed E-state index contributed by atoms with van der Waals surface area (Å²) in [5.74, 6) is 0. The first kappa shape index (κ1) is 8.43. The molecule has 2 aromatic heterocycles. The van der Waals surface area contributed by atoms with Crippen LogP contribution in [-0.4, -0.2) is 14.5 Å². The third kappa shape index (κ3) is 1.47. The van der Waals surface area contributed by atoms with Gasteiger partial charge in [-0.15, -0.1) is 0 Å². The number of rotatable bonds is 2. The molecule has 0 aliphatic rings. The van der Waals surface area contributed by atoms with Crippen LogP contribution in [0.3, 0.4) is 0 Å². The van der Waals surface area contributed by atoms with Gasteiger partial charge in [0, 0.05) is 24.0 Å². The maximum atomic E-state index is 10.1. The van der Waals surface area contributed by atoms with Crippen LogP contribution in [0.2, 0.25) is 0 Å². The first-order valence-corrected chi connectivity index (χ1v) is 4.01. The molecule has 0 aromatic carbocycles. The molecule has 2 aromatic rings. The second-order valence-electron chi connectivity index (χ2n) is 2.73. The van der Waals surface area contributed by atoms with Crippen LogP contribution in [0.4, 0.5) is 0 Å². The lowest BCUT2D eigenvalue weighted by atomic mass is 10.2.